The van der Waals surface area contributed by atoms with Crippen molar-refractivity contribution in [2.75, 3.05) is 5.75 Å². The molecule has 0 unspecified atom stereocenters. The summed E-state index contributed by atoms with van der Waals surface area (Å²) in [6.45, 7) is 2.16. The third-order valence-electron chi connectivity index (χ3n) is 1.23. The first-order valence-corrected chi connectivity index (χ1v) is 5.45. The Morgan fingerprint density at radius 3 is 3.00 bits per heavy atom. The zero-order valence-electron chi connectivity index (χ0n) is 6.38. The lowest BCUT2D eigenvalue weighted by Gasteiger charge is -1.98. The van der Waals surface area contributed by atoms with Crippen molar-refractivity contribution in [2.24, 2.45) is 0 Å². The second-order valence-corrected chi connectivity index (χ2v) is 4.34. The van der Waals surface area contributed by atoms with Crippen LogP contribution in [0.15, 0.2) is 22.9 Å². The summed E-state index contributed by atoms with van der Waals surface area (Å²) in [5, 5.41) is 0. The maximum Gasteiger partial charge on any atom is 0.0410 e. The molecule has 3 heteroatoms. The quantitative estimate of drug-likeness (QED) is 0.794. The summed E-state index contributed by atoms with van der Waals surface area (Å²) in [4.78, 5) is 4.08. The van der Waals surface area contributed by atoms with Gasteiger partial charge in [-0.1, -0.05) is 6.92 Å². The number of aromatic nitrogens is 1. The van der Waals surface area contributed by atoms with E-state index in [1.807, 2.05) is 18.0 Å². The van der Waals surface area contributed by atoms with E-state index in [9.17, 15) is 0 Å². The van der Waals surface area contributed by atoms with Crippen LogP contribution in [0.25, 0.3) is 0 Å². The molecule has 0 saturated carbocycles. The van der Waals surface area contributed by atoms with E-state index in [-0.39, 0.29) is 0 Å². The second kappa shape index (κ2) is 4.78. The summed E-state index contributed by atoms with van der Waals surface area (Å²) in [6, 6.07) is 2.11. The van der Waals surface area contributed by atoms with Gasteiger partial charge in [-0.05, 0) is 33.3 Å². The maximum atomic E-state index is 4.08. The molecule has 0 fully saturated rings. The van der Waals surface area contributed by atoms with Gasteiger partial charge in [-0.25, -0.2) is 0 Å². The van der Waals surface area contributed by atoms with E-state index in [1.165, 1.54) is 5.56 Å². The Morgan fingerprint density at radius 2 is 2.36 bits per heavy atom. The van der Waals surface area contributed by atoms with E-state index in [0.717, 1.165) is 16.0 Å². The van der Waals surface area contributed by atoms with Crippen LogP contribution in [-0.4, -0.2) is 10.7 Å². The molecular formula is C8H10BrNS. The van der Waals surface area contributed by atoms with Crippen LogP contribution in [0.3, 0.4) is 0 Å². The third-order valence-corrected chi connectivity index (χ3v) is 2.61. The molecular weight excluding hydrogens is 222 g/mol. The van der Waals surface area contributed by atoms with E-state index >= 15 is 0 Å². The van der Waals surface area contributed by atoms with Crippen molar-refractivity contribution < 1.29 is 0 Å². The van der Waals surface area contributed by atoms with Gasteiger partial charge in [-0.3, -0.25) is 4.98 Å². The first-order chi connectivity index (χ1) is 5.33. The molecule has 1 nitrogen and oxygen atoms in total. The fourth-order valence-electron chi connectivity index (χ4n) is 0.755. The van der Waals surface area contributed by atoms with E-state index < -0.39 is 0 Å². The fourth-order valence-corrected chi connectivity index (χ4v) is 1.76. The number of hydrogen-bond acceptors (Lipinski definition) is 2. The smallest absolute Gasteiger partial charge is 0.0410 e. The molecule has 0 atom stereocenters. The average molecular weight is 232 g/mol. The van der Waals surface area contributed by atoms with Gasteiger partial charge >= 0.3 is 0 Å². The highest BCUT2D eigenvalue weighted by molar-refractivity contribution is 9.10. The number of rotatable bonds is 3. The van der Waals surface area contributed by atoms with Crippen molar-refractivity contribution in [3.05, 3.63) is 28.5 Å². The van der Waals surface area contributed by atoms with Crippen molar-refractivity contribution in [2.45, 2.75) is 12.7 Å². The van der Waals surface area contributed by atoms with Gasteiger partial charge in [0.2, 0.25) is 0 Å². The Labute approximate surface area is 79.7 Å². The Bertz CT molecular complexity index is 227. The number of pyridine rings is 1. The molecule has 1 aromatic rings. The molecule has 0 aromatic carbocycles. The van der Waals surface area contributed by atoms with Gasteiger partial charge < -0.3 is 0 Å². The molecule has 0 bridgehead atoms. The second-order valence-electron chi connectivity index (χ2n) is 2.15. The van der Waals surface area contributed by atoms with Crippen molar-refractivity contribution in [1.82, 2.24) is 4.98 Å². The Balaban J connectivity index is 2.56. The molecule has 1 rings (SSSR count). The van der Waals surface area contributed by atoms with Crippen molar-refractivity contribution >= 4 is 27.7 Å². The predicted molar refractivity (Wildman–Crippen MR) is 53.8 cm³/mol. The number of hydrogen-bond donors (Lipinski definition) is 0. The summed E-state index contributed by atoms with van der Waals surface area (Å²) in [6.07, 6.45) is 3.72. The molecule has 0 spiro atoms. The van der Waals surface area contributed by atoms with Crippen LogP contribution in [0.1, 0.15) is 12.5 Å². The van der Waals surface area contributed by atoms with Crippen LogP contribution in [0.5, 0.6) is 0 Å². The zero-order chi connectivity index (χ0) is 8.10. The van der Waals surface area contributed by atoms with Gasteiger partial charge in [0, 0.05) is 22.6 Å². The maximum absolute atomic E-state index is 4.08. The molecule has 1 heterocycles. The third kappa shape index (κ3) is 3.25. The minimum atomic E-state index is 1.06. The minimum Gasteiger partial charge on any atom is -0.263 e. The first-order valence-electron chi connectivity index (χ1n) is 3.50. The van der Waals surface area contributed by atoms with Crippen molar-refractivity contribution in [3.63, 3.8) is 0 Å². The number of halogens is 1. The van der Waals surface area contributed by atoms with Crippen LogP contribution in [0.2, 0.25) is 0 Å². The first kappa shape index (κ1) is 9.07. The largest absolute Gasteiger partial charge is 0.263 e. The lowest BCUT2D eigenvalue weighted by atomic mass is 10.3. The predicted octanol–water partition coefficient (Wildman–Crippen LogP) is 3.10. The Kier molecular flexibility index (Phi) is 3.94. The highest BCUT2D eigenvalue weighted by atomic mass is 79.9. The topological polar surface area (TPSA) is 12.9 Å². The van der Waals surface area contributed by atoms with Gasteiger partial charge in [0.25, 0.3) is 0 Å². The number of thioether (sulfide) groups is 1. The van der Waals surface area contributed by atoms with Crippen LogP contribution >= 0.6 is 27.7 Å². The van der Waals surface area contributed by atoms with Crippen LogP contribution in [-0.2, 0) is 5.75 Å². The van der Waals surface area contributed by atoms with Gasteiger partial charge in [0.1, 0.15) is 0 Å². The highest BCUT2D eigenvalue weighted by Crippen LogP contribution is 2.14. The van der Waals surface area contributed by atoms with E-state index in [0.29, 0.717) is 0 Å². The molecule has 1 aromatic heterocycles. The highest BCUT2D eigenvalue weighted by Gasteiger charge is 1.93. The van der Waals surface area contributed by atoms with Gasteiger partial charge in [0.15, 0.2) is 0 Å². The molecule has 11 heavy (non-hydrogen) atoms. The average Bonchev–Trinajstić information content (AvgIpc) is 2.01. The van der Waals surface area contributed by atoms with Crippen molar-refractivity contribution in [3.8, 4) is 0 Å². The molecule has 0 aliphatic rings. The Hall–Kier alpha value is -0.0200. The molecule has 0 aliphatic carbocycles. The lowest BCUT2D eigenvalue weighted by molar-refractivity contribution is 1.23. The molecule has 60 valence electrons. The summed E-state index contributed by atoms with van der Waals surface area (Å²) in [7, 11) is 0. The van der Waals surface area contributed by atoms with E-state index in [2.05, 4.69) is 33.9 Å². The number of nitrogens with zero attached hydrogens (tertiary/aromatic N) is 1. The van der Waals surface area contributed by atoms with E-state index in [4.69, 9.17) is 0 Å². The SMILES string of the molecule is CCSCc1cncc(Br)c1. The van der Waals surface area contributed by atoms with Crippen LogP contribution in [0.4, 0.5) is 0 Å². The van der Waals surface area contributed by atoms with Crippen molar-refractivity contribution in [1.29, 1.82) is 0 Å². The summed E-state index contributed by atoms with van der Waals surface area (Å²) >= 11 is 5.29. The zero-order valence-corrected chi connectivity index (χ0v) is 8.78. The van der Waals surface area contributed by atoms with Gasteiger partial charge in [0.05, 0.1) is 0 Å². The van der Waals surface area contributed by atoms with E-state index in [1.54, 1.807) is 6.20 Å². The molecule has 0 N–H and O–H groups in total. The molecule has 0 amide bonds. The summed E-state index contributed by atoms with van der Waals surface area (Å²) in [5.74, 6) is 2.22. The minimum absolute atomic E-state index is 1.06. The van der Waals surface area contributed by atoms with Gasteiger partial charge in [-0.2, -0.15) is 11.8 Å². The lowest BCUT2D eigenvalue weighted by Crippen LogP contribution is -1.82. The van der Waals surface area contributed by atoms with Crippen LogP contribution in [0, 0.1) is 0 Å². The fraction of sp³-hybridized carbons (Fsp3) is 0.375. The molecule has 0 saturated heterocycles. The summed E-state index contributed by atoms with van der Waals surface area (Å²) in [5.41, 5.74) is 1.28. The summed E-state index contributed by atoms with van der Waals surface area (Å²) < 4.78 is 1.06. The molecule has 0 aliphatic heterocycles. The molecule has 0 radical (unpaired) electrons. The van der Waals surface area contributed by atoms with Crippen LogP contribution < -0.4 is 0 Å². The monoisotopic (exact) mass is 231 g/mol. The normalized spacial score (nSPS) is 10.0. The Morgan fingerprint density at radius 1 is 1.55 bits per heavy atom. The van der Waals surface area contributed by atoms with Gasteiger partial charge in [-0.15, -0.1) is 0 Å². The standard InChI is InChI=1S/C8H10BrNS/c1-2-11-6-7-3-8(9)5-10-4-7/h3-5H,2,6H2,1H3.